The molecule has 3 aromatic heterocycles. The summed E-state index contributed by atoms with van der Waals surface area (Å²) in [6, 6.07) is 19.6. The van der Waals surface area contributed by atoms with Gasteiger partial charge in [-0.2, -0.15) is 5.10 Å². The first-order valence-electron chi connectivity index (χ1n) is 14.1. The predicted molar refractivity (Wildman–Crippen MR) is 163 cm³/mol. The van der Waals surface area contributed by atoms with E-state index in [1.165, 1.54) is 0 Å². The summed E-state index contributed by atoms with van der Waals surface area (Å²) in [5.74, 6) is 4.62. The topological polar surface area (TPSA) is 122 Å². The summed E-state index contributed by atoms with van der Waals surface area (Å²) in [5.41, 5.74) is 5.37. The Kier molecular flexibility index (Phi) is 7.73. The Hall–Kier alpha value is -5.27. The molecule has 2 aromatic carbocycles. The van der Waals surface area contributed by atoms with Crippen molar-refractivity contribution in [3.8, 4) is 23.1 Å². The second-order valence-electron chi connectivity index (χ2n) is 10.6. The number of carbonyl (C=O) groups excluding carboxylic acids is 1. The number of carboxylic acid groups (broad SMARTS) is 1. The lowest BCUT2D eigenvalue weighted by atomic mass is 10.0. The van der Waals surface area contributed by atoms with Gasteiger partial charge in [0.2, 0.25) is 0 Å². The van der Waals surface area contributed by atoms with Gasteiger partial charge in [0.15, 0.2) is 5.65 Å². The number of pyridine rings is 1. The van der Waals surface area contributed by atoms with Gasteiger partial charge in [-0.1, -0.05) is 50.2 Å². The molecule has 1 aliphatic rings. The summed E-state index contributed by atoms with van der Waals surface area (Å²) in [5, 5.41) is 17.8. The summed E-state index contributed by atoms with van der Waals surface area (Å²) in [7, 11) is 0. The lowest BCUT2D eigenvalue weighted by molar-refractivity contribution is -0.140. The molecule has 0 bridgehead atoms. The summed E-state index contributed by atoms with van der Waals surface area (Å²) >= 11 is 0. The lowest BCUT2D eigenvalue weighted by Gasteiger charge is -2.28. The Morgan fingerprint density at radius 1 is 0.953 bits per heavy atom. The Balaban J connectivity index is 1.41. The van der Waals surface area contributed by atoms with Crippen LogP contribution in [0.15, 0.2) is 72.9 Å². The van der Waals surface area contributed by atoms with Gasteiger partial charge in [-0.25, -0.2) is 19.3 Å². The van der Waals surface area contributed by atoms with Gasteiger partial charge >= 0.3 is 5.97 Å². The van der Waals surface area contributed by atoms with E-state index in [1.54, 1.807) is 48.8 Å². The summed E-state index contributed by atoms with van der Waals surface area (Å²) in [6.45, 7) is 6.24. The average molecular weight is 575 g/mol. The van der Waals surface area contributed by atoms with Crippen molar-refractivity contribution in [3.05, 3.63) is 89.9 Å². The number of imidazole rings is 1. The molecule has 1 saturated heterocycles. The zero-order valence-corrected chi connectivity index (χ0v) is 23.8. The van der Waals surface area contributed by atoms with E-state index in [4.69, 9.17) is 9.72 Å². The number of hydrogen-bond donors (Lipinski definition) is 2. The number of morpholine rings is 1. The van der Waals surface area contributed by atoms with Crippen molar-refractivity contribution in [2.45, 2.75) is 19.9 Å². The molecule has 2 N–H and O–H groups in total. The Morgan fingerprint density at radius 3 is 2.47 bits per heavy atom. The second-order valence-corrected chi connectivity index (χ2v) is 10.6. The molecule has 1 unspecified atom stereocenters. The van der Waals surface area contributed by atoms with Crippen LogP contribution in [-0.2, 0) is 9.53 Å². The number of ether oxygens (including phenoxy) is 1. The van der Waals surface area contributed by atoms with E-state index < -0.39 is 17.9 Å². The van der Waals surface area contributed by atoms with Gasteiger partial charge < -0.3 is 20.1 Å². The summed E-state index contributed by atoms with van der Waals surface area (Å²) in [4.78, 5) is 36.3. The SMILES string of the molecule is CC(C)C(NC(=O)c1ccc(-c2c(C#Cc3ccc4ccccc4n3)nc3c(N4CCOCC4)ccnn23)cc1)C(=O)O. The minimum Gasteiger partial charge on any atom is -0.480 e. The largest absolute Gasteiger partial charge is 0.480 e. The van der Waals surface area contributed by atoms with Crippen LogP contribution in [0.5, 0.6) is 0 Å². The van der Waals surface area contributed by atoms with Crippen LogP contribution in [0.25, 0.3) is 27.8 Å². The van der Waals surface area contributed by atoms with E-state index in [9.17, 15) is 14.7 Å². The van der Waals surface area contributed by atoms with E-state index >= 15 is 0 Å². The number of aromatic nitrogens is 4. The van der Waals surface area contributed by atoms with Crippen LogP contribution < -0.4 is 10.2 Å². The van der Waals surface area contributed by atoms with Crippen molar-refractivity contribution < 1.29 is 19.4 Å². The molecule has 0 saturated carbocycles. The molecule has 0 aliphatic carbocycles. The van der Waals surface area contributed by atoms with Crippen molar-refractivity contribution in [3.63, 3.8) is 0 Å². The predicted octanol–water partition coefficient (Wildman–Crippen LogP) is 4.02. The molecule has 1 amide bonds. The number of nitrogens with one attached hydrogen (secondary N) is 1. The van der Waals surface area contributed by atoms with Crippen molar-refractivity contribution in [2.75, 3.05) is 31.2 Å². The maximum atomic E-state index is 12.9. The Bertz CT molecular complexity index is 1880. The minimum absolute atomic E-state index is 0.260. The molecule has 4 heterocycles. The van der Waals surface area contributed by atoms with Gasteiger partial charge in [-0.3, -0.25) is 4.79 Å². The quantitative estimate of drug-likeness (QED) is 0.292. The van der Waals surface area contributed by atoms with Crippen LogP contribution in [0.4, 0.5) is 5.69 Å². The number of rotatable bonds is 6. The molecule has 43 heavy (non-hydrogen) atoms. The number of carbonyl (C=O) groups is 2. The van der Waals surface area contributed by atoms with E-state index in [-0.39, 0.29) is 5.92 Å². The van der Waals surface area contributed by atoms with E-state index in [0.29, 0.717) is 41.5 Å². The van der Waals surface area contributed by atoms with Gasteiger partial charge in [0.05, 0.1) is 30.6 Å². The van der Waals surface area contributed by atoms with E-state index in [1.807, 2.05) is 42.5 Å². The van der Waals surface area contributed by atoms with Crippen LogP contribution in [-0.4, -0.2) is 68.9 Å². The molecule has 0 spiro atoms. The highest BCUT2D eigenvalue weighted by Gasteiger charge is 2.25. The van der Waals surface area contributed by atoms with Crippen molar-refractivity contribution in [1.82, 2.24) is 24.9 Å². The fraction of sp³-hybridized carbons (Fsp3) is 0.242. The maximum Gasteiger partial charge on any atom is 0.326 e. The molecule has 5 aromatic rings. The van der Waals surface area contributed by atoms with Crippen LogP contribution in [0, 0.1) is 17.8 Å². The van der Waals surface area contributed by atoms with Gasteiger partial charge in [0.25, 0.3) is 5.91 Å². The first kappa shape index (κ1) is 27.9. The highest BCUT2D eigenvalue weighted by molar-refractivity contribution is 5.97. The number of anilines is 1. The smallest absolute Gasteiger partial charge is 0.326 e. The number of carboxylic acids is 1. The van der Waals surface area contributed by atoms with Crippen molar-refractivity contribution >= 4 is 34.1 Å². The fourth-order valence-electron chi connectivity index (χ4n) is 5.11. The third-order valence-electron chi connectivity index (χ3n) is 7.40. The molecule has 216 valence electrons. The van der Waals surface area contributed by atoms with Crippen LogP contribution in [0.1, 0.15) is 35.6 Å². The zero-order valence-electron chi connectivity index (χ0n) is 23.8. The van der Waals surface area contributed by atoms with Gasteiger partial charge in [-0.15, -0.1) is 0 Å². The monoisotopic (exact) mass is 574 g/mol. The van der Waals surface area contributed by atoms with Crippen LogP contribution in [0.3, 0.4) is 0 Å². The Morgan fingerprint density at radius 2 is 1.72 bits per heavy atom. The van der Waals surface area contributed by atoms with Crippen LogP contribution >= 0.6 is 0 Å². The molecule has 6 rings (SSSR count). The highest BCUT2D eigenvalue weighted by Crippen LogP contribution is 2.29. The van der Waals surface area contributed by atoms with E-state index in [0.717, 1.165) is 35.2 Å². The number of fused-ring (bicyclic) bond motifs is 2. The first-order valence-corrected chi connectivity index (χ1v) is 14.1. The van der Waals surface area contributed by atoms with Crippen molar-refractivity contribution in [2.24, 2.45) is 5.92 Å². The van der Waals surface area contributed by atoms with Gasteiger partial charge in [0, 0.05) is 29.6 Å². The first-order chi connectivity index (χ1) is 20.9. The Labute approximate surface area is 248 Å². The molecule has 10 nitrogen and oxygen atoms in total. The standard InChI is InChI=1S/C33H30N6O4/c1-21(2)29(33(41)42)37-32(40)24-9-7-23(8-10-24)30-27(14-13-25-12-11-22-5-3-4-6-26(22)35-25)36-31-28(15-16-34-39(30)31)38-17-19-43-20-18-38/h3-12,15-16,21,29H,17-20H2,1-2H3,(H,37,40)(H,41,42). The third-order valence-corrected chi connectivity index (χ3v) is 7.40. The maximum absolute atomic E-state index is 12.9. The van der Waals surface area contributed by atoms with Gasteiger partial charge in [0.1, 0.15) is 23.1 Å². The molecule has 0 radical (unpaired) electrons. The summed E-state index contributed by atoms with van der Waals surface area (Å²) < 4.78 is 7.33. The third kappa shape index (κ3) is 5.76. The number of hydrogen-bond acceptors (Lipinski definition) is 7. The molecule has 1 atom stereocenters. The summed E-state index contributed by atoms with van der Waals surface area (Å²) in [6.07, 6.45) is 1.74. The molecule has 10 heteroatoms. The molecule has 1 aliphatic heterocycles. The van der Waals surface area contributed by atoms with Crippen LogP contribution in [0.2, 0.25) is 0 Å². The number of aliphatic carboxylic acids is 1. The van der Waals surface area contributed by atoms with Gasteiger partial charge in [-0.05, 0) is 48.1 Å². The zero-order chi connectivity index (χ0) is 29.9. The second kappa shape index (κ2) is 11.9. The van der Waals surface area contributed by atoms with E-state index in [2.05, 4.69) is 32.1 Å². The number of amides is 1. The molecule has 1 fully saturated rings. The lowest BCUT2D eigenvalue weighted by Crippen LogP contribution is -2.44. The van der Waals surface area contributed by atoms with Crippen molar-refractivity contribution in [1.29, 1.82) is 0 Å². The number of para-hydroxylation sites is 1. The molecular weight excluding hydrogens is 544 g/mol. The fourth-order valence-corrected chi connectivity index (χ4v) is 5.11. The minimum atomic E-state index is -1.07. The normalized spacial score (nSPS) is 14.0. The molecular formula is C33H30N6O4. The highest BCUT2D eigenvalue weighted by atomic mass is 16.5. The number of nitrogens with zero attached hydrogens (tertiary/aromatic N) is 5. The number of benzene rings is 2. The average Bonchev–Trinajstić information content (AvgIpc) is 3.41.